The van der Waals surface area contributed by atoms with Gasteiger partial charge in [0.1, 0.15) is 0 Å². The van der Waals surface area contributed by atoms with Crippen LogP contribution in [0.25, 0.3) is 0 Å². The molecule has 2 aromatic rings. The largest absolute Gasteiger partial charge is 0.316 e. The lowest BCUT2D eigenvalue weighted by molar-refractivity contribution is 0.403. The molecule has 0 spiro atoms. The lowest BCUT2D eigenvalue weighted by Crippen LogP contribution is -2.34. The molecule has 1 saturated heterocycles. The first-order chi connectivity index (χ1) is 9.34. The molecular weight excluding hydrogens is 256 g/mol. The lowest BCUT2D eigenvalue weighted by Gasteiger charge is -2.32. The van der Waals surface area contributed by atoms with Crippen LogP contribution in [-0.2, 0) is 0 Å². The van der Waals surface area contributed by atoms with Crippen LogP contribution in [0.1, 0.15) is 29.4 Å². The highest BCUT2D eigenvalue weighted by Crippen LogP contribution is 2.37. The highest BCUT2D eigenvalue weighted by atomic mass is 35.5. The van der Waals surface area contributed by atoms with Crippen molar-refractivity contribution >= 4 is 11.6 Å². The van der Waals surface area contributed by atoms with Crippen LogP contribution in [0.3, 0.4) is 0 Å². The van der Waals surface area contributed by atoms with E-state index in [9.17, 15) is 0 Å². The van der Waals surface area contributed by atoms with Crippen molar-refractivity contribution in [3.8, 4) is 0 Å². The molecule has 2 atom stereocenters. The second-order valence-corrected chi connectivity index (χ2v) is 5.48. The first-order valence-corrected chi connectivity index (χ1v) is 7.08. The van der Waals surface area contributed by atoms with Gasteiger partial charge in [0.05, 0.1) is 0 Å². The van der Waals surface area contributed by atoms with Gasteiger partial charge in [0.15, 0.2) is 0 Å². The van der Waals surface area contributed by atoms with Gasteiger partial charge in [0.2, 0.25) is 0 Å². The fourth-order valence-corrected chi connectivity index (χ4v) is 3.14. The molecular formula is C16H17ClN2. The minimum atomic E-state index is 0.469. The number of pyridine rings is 1. The van der Waals surface area contributed by atoms with Crippen LogP contribution in [0.5, 0.6) is 0 Å². The Morgan fingerprint density at radius 2 is 2.00 bits per heavy atom. The molecule has 0 amide bonds. The molecule has 1 N–H and O–H groups in total. The SMILES string of the molecule is Clc1cccc(C2CNCCC2c2cccnc2)c1. The number of benzene rings is 1. The highest BCUT2D eigenvalue weighted by molar-refractivity contribution is 6.30. The quantitative estimate of drug-likeness (QED) is 0.904. The van der Waals surface area contributed by atoms with Gasteiger partial charge in [0.25, 0.3) is 0 Å². The normalized spacial score (nSPS) is 23.2. The number of aromatic nitrogens is 1. The molecule has 3 heteroatoms. The molecule has 19 heavy (non-hydrogen) atoms. The summed E-state index contributed by atoms with van der Waals surface area (Å²) in [6, 6.07) is 12.4. The average Bonchev–Trinajstić information content (AvgIpc) is 2.48. The summed E-state index contributed by atoms with van der Waals surface area (Å²) < 4.78 is 0. The van der Waals surface area contributed by atoms with Crippen LogP contribution in [0, 0.1) is 0 Å². The number of halogens is 1. The van der Waals surface area contributed by atoms with E-state index in [2.05, 4.69) is 28.5 Å². The van der Waals surface area contributed by atoms with Crippen LogP contribution in [0.2, 0.25) is 5.02 Å². The molecule has 1 fully saturated rings. The standard InChI is InChI=1S/C16H17ClN2/c17-14-5-1-3-12(9-14)16-11-19-8-6-15(16)13-4-2-7-18-10-13/h1-5,7,9-10,15-16,19H,6,8,11H2. The Morgan fingerprint density at radius 1 is 1.11 bits per heavy atom. The van der Waals surface area contributed by atoms with Crippen LogP contribution in [0.4, 0.5) is 0 Å². The van der Waals surface area contributed by atoms with E-state index in [1.807, 2.05) is 30.6 Å². The van der Waals surface area contributed by atoms with Gasteiger partial charge in [-0.2, -0.15) is 0 Å². The topological polar surface area (TPSA) is 24.9 Å². The third kappa shape index (κ3) is 2.80. The van der Waals surface area contributed by atoms with Gasteiger partial charge in [0, 0.05) is 29.9 Å². The minimum absolute atomic E-state index is 0.469. The van der Waals surface area contributed by atoms with Crippen LogP contribution in [0.15, 0.2) is 48.8 Å². The Balaban J connectivity index is 1.93. The molecule has 0 radical (unpaired) electrons. The van der Waals surface area contributed by atoms with E-state index < -0.39 is 0 Å². The fraction of sp³-hybridized carbons (Fsp3) is 0.312. The van der Waals surface area contributed by atoms with Crippen LogP contribution < -0.4 is 5.32 Å². The number of piperidine rings is 1. The second-order valence-electron chi connectivity index (χ2n) is 5.05. The Morgan fingerprint density at radius 3 is 2.79 bits per heavy atom. The molecule has 98 valence electrons. The second kappa shape index (κ2) is 5.72. The van der Waals surface area contributed by atoms with Crippen molar-refractivity contribution in [1.29, 1.82) is 0 Å². The molecule has 0 aliphatic carbocycles. The molecule has 1 aromatic heterocycles. The van der Waals surface area contributed by atoms with Crippen molar-refractivity contribution < 1.29 is 0 Å². The van der Waals surface area contributed by atoms with Crippen molar-refractivity contribution in [3.05, 3.63) is 64.9 Å². The van der Waals surface area contributed by atoms with E-state index in [4.69, 9.17) is 11.6 Å². The van der Waals surface area contributed by atoms with E-state index in [0.717, 1.165) is 24.5 Å². The lowest BCUT2D eigenvalue weighted by atomic mass is 9.78. The summed E-state index contributed by atoms with van der Waals surface area (Å²) >= 11 is 6.13. The van der Waals surface area contributed by atoms with E-state index in [1.165, 1.54) is 11.1 Å². The molecule has 1 aromatic carbocycles. The summed E-state index contributed by atoms with van der Waals surface area (Å²) in [5.41, 5.74) is 2.64. The minimum Gasteiger partial charge on any atom is -0.316 e. The molecule has 0 saturated carbocycles. The first-order valence-electron chi connectivity index (χ1n) is 6.71. The summed E-state index contributed by atoms with van der Waals surface area (Å²) in [5, 5.41) is 4.30. The molecule has 2 unspecified atom stereocenters. The summed E-state index contributed by atoms with van der Waals surface area (Å²) in [7, 11) is 0. The number of rotatable bonds is 2. The monoisotopic (exact) mass is 272 g/mol. The maximum Gasteiger partial charge on any atom is 0.0408 e. The number of hydrogen-bond acceptors (Lipinski definition) is 2. The average molecular weight is 273 g/mol. The van der Waals surface area contributed by atoms with Crippen molar-refractivity contribution in [3.63, 3.8) is 0 Å². The fourth-order valence-electron chi connectivity index (χ4n) is 2.94. The van der Waals surface area contributed by atoms with Crippen LogP contribution in [-0.4, -0.2) is 18.1 Å². The maximum absolute atomic E-state index is 6.13. The molecule has 3 rings (SSSR count). The van der Waals surface area contributed by atoms with E-state index in [-0.39, 0.29) is 0 Å². The zero-order valence-electron chi connectivity index (χ0n) is 10.7. The predicted octanol–water partition coefficient (Wildman–Crippen LogP) is 3.60. The van der Waals surface area contributed by atoms with E-state index in [0.29, 0.717) is 11.8 Å². The van der Waals surface area contributed by atoms with Gasteiger partial charge >= 0.3 is 0 Å². The first kappa shape index (κ1) is 12.6. The van der Waals surface area contributed by atoms with Gasteiger partial charge in [-0.15, -0.1) is 0 Å². The van der Waals surface area contributed by atoms with Crippen molar-refractivity contribution in [2.24, 2.45) is 0 Å². The Bertz CT molecular complexity index is 541. The number of hydrogen-bond donors (Lipinski definition) is 1. The zero-order chi connectivity index (χ0) is 13.1. The van der Waals surface area contributed by atoms with Gasteiger partial charge in [-0.25, -0.2) is 0 Å². The highest BCUT2D eigenvalue weighted by Gasteiger charge is 2.27. The molecule has 1 aliphatic heterocycles. The van der Waals surface area contributed by atoms with Gasteiger partial charge < -0.3 is 5.32 Å². The summed E-state index contributed by atoms with van der Waals surface area (Å²) in [6.07, 6.45) is 4.97. The predicted molar refractivity (Wildman–Crippen MR) is 78.7 cm³/mol. The van der Waals surface area contributed by atoms with Crippen molar-refractivity contribution in [1.82, 2.24) is 10.3 Å². The smallest absolute Gasteiger partial charge is 0.0408 e. The van der Waals surface area contributed by atoms with E-state index >= 15 is 0 Å². The summed E-state index contributed by atoms with van der Waals surface area (Å²) in [4.78, 5) is 4.26. The van der Waals surface area contributed by atoms with Gasteiger partial charge in [-0.1, -0.05) is 29.8 Å². The Labute approximate surface area is 118 Å². The third-order valence-electron chi connectivity index (χ3n) is 3.87. The summed E-state index contributed by atoms with van der Waals surface area (Å²) in [6.45, 7) is 2.07. The summed E-state index contributed by atoms with van der Waals surface area (Å²) in [5.74, 6) is 0.991. The van der Waals surface area contributed by atoms with Gasteiger partial charge in [-0.3, -0.25) is 4.98 Å². The Hall–Kier alpha value is -1.38. The maximum atomic E-state index is 6.13. The molecule has 2 nitrogen and oxygen atoms in total. The van der Waals surface area contributed by atoms with Gasteiger partial charge in [-0.05, 0) is 48.2 Å². The number of nitrogens with one attached hydrogen (secondary N) is 1. The van der Waals surface area contributed by atoms with Crippen LogP contribution >= 0.6 is 11.6 Å². The van der Waals surface area contributed by atoms with Crippen molar-refractivity contribution in [2.75, 3.05) is 13.1 Å². The zero-order valence-corrected chi connectivity index (χ0v) is 11.5. The third-order valence-corrected chi connectivity index (χ3v) is 4.11. The number of nitrogens with zero attached hydrogens (tertiary/aromatic N) is 1. The Kier molecular flexibility index (Phi) is 3.81. The van der Waals surface area contributed by atoms with E-state index in [1.54, 1.807) is 0 Å². The van der Waals surface area contributed by atoms with Crippen molar-refractivity contribution in [2.45, 2.75) is 18.3 Å². The molecule has 2 heterocycles. The molecule has 0 bridgehead atoms. The molecule has 1 aliphatic rings.